The van der Waals surface area contributed by atoms with Gasteiger partial charge in [0.05, 0.1) is 5.52 Å². The Bertz CT molecular complexity index is 1240. The molecule has 0 amide bonds. The molecule has 1 heterocycles. The molecule has 1 saturated carbocycles. The highest BCUT2D eigenvalue weighted by molar-refractivity contribution is 6.31. The minimum atomic E-state index is -0.719. The molecule has 0 aliphatic heterocycles. The lowest BCUT2D eigenvalue weighted by Gasteiger charge is -2.16. The topological polar surface area (TPSA) is 134 Å². The number of hydrogen-bond donors (Lipinski definition) is 5. The maximum absolute atomic E-state index is 10.2. The molecule has 4 rings (SSSR count). The standard InChI is InChI=1S/C24H28ClN7O/c1-3-28-23(33)17-9-7-16(10-13(17)2)29-24-30-20-11-15(25)6-8-18(20)22(32-24)31-21(27)12-19(26)14-4-5-14/h6-12,14,23,28,33H,3-5,26H2,1-2H3,(H3,27,29,30,31,32)/b19-12-. The van der Waals surface area contributed by atoms with Crippen LogP contribution < -0.4 is 22.1 Å². The van der Waals surface area contributed by atoms with Crippen LogP contribution in [0.3, 0.4) is 0 Å². The number of nitrogens with one attached hydrogen (secondary N) is 2. The zero-order valence-electron chi connectivity index (χ0n) is 18.6. The van der Waals surface area contributed by atoms with Gasteiger partial charge >= 0.3 is 0 Å². The van der Waals surface area contributed by atoms with Crippen molar-refractivity contribution in [2.24, 2.45) is 22.4 Å². The zero-order valence-corrected chi connectivity index (χ0v) is 19.4. The lowest BCUT2D eigenvalue weighted by Crippen LogP contribution is -2.20. The molecule has 33 heavy (non-hydrogen) atoms. The van der Waals surface area contributed by atoms with Crippen LogP contribution in [0.4, 0.5) is 17.5 Å². The largest absolute Gasteiger partial charge is 0.402 e. The van der Waals surface area contributed by atoms with Gasteiger partial charge in [0.25, 0.3) is 0 Å². The fourth-order valence-corrected chi connectivity index (χ4v) is 3.75. The fourth-order valence-electron chi connectivity index (χ4n) is 3.58. The Morgan fingerprint density at radius 3 is 2.73 bits per heavy atom. The van der Waals surface area contributed by atoms with E-state index < -0.39 is 6.23 Å². The summed E-state index contributed by atoms with van der Waals surface area (Å²) < 4.78 is 0. The first-order chi connectivity index (χ1) is 15.8. The summed E-state index contributed by atoms with van der Waals surface area (Å²) in [5.41, 5.74) is 16.1. The number of hydrogen-bond acceptors (Lipinski definition) is 7. The number of amidine groups is 1. The summed E-state index contributed by atoms with van der Waals surface area (Å²) in [6, 6.07) is 11.0. The van der Waals surface area contributed by atoms with Crippen molar-refractivity contribution in [3.05, 3.63) is 64.3 Å². The number of aliphatic hydroxyl groups is 1. The smallest absolute Gasteiger partial charge is 0.229 e. The molecule has 1 atom stereocenters. The third kappa shape index (κ3) is 5.60. The number of aliphatic imine (C=N–C) groups is 1. The Morgan fingerprint density at radius 1 is 1.24 bits per heavy atom. The van der Waals surface area contributed by atoms with E-state index in [0.29, 0.717) is 34.8 Å². The third-order valence-electron chi connectivity index (χ3n) is 5.46. The maximum Gasteiger partial charge on any atom is 0.229 e. The Kier molecular flexibility index (Phi) is 6.78. The fraction of sp³-hybridized carbons (Fsp3) is 0.292. The first kappa shape index (κ1) is 23.0. The van der Waals surface area contributed by atoms with Crippen LogP contribution in [0.5, 0.6) is 0 Å². The summed E-state index contributed by atoms with van der Waals surface area (Å²) in [6.45, 7) is 4.55. The lowest BCUT2D eigenvalue weighted by atomic mass is 10.1. The lowest BCUT2D eigenvalue weighted by molar-refractivity contribution is 0.141. The van der Waals surface area contributed by atoms with Crippen LogP contribution in [0.2, 0.25) is 5.02 Å². The second kappa shape index (κ2) is 9.74. The number of nitrogens with zero attached hydrogens (tertiary/aromatic N) is 3. The molecule has 1 aliphatic rings. The minimum Gasteiger partial charge on any atom is -0.402 e. The molecule has 172 valence electrons. The minimum absolute atomic E-state index is 0.290. The molecule has 7 N–H and O–H groups in total. The van der Waals surface area contributed by atoms with Crippen molar-refractivity contribution in [2.75, 3.05) is 11.9 Å². The second-order valence-corrected chi connectivity index (χ2v) is 8.58. The monoisotopic (exact) mass is 465 g/mol. The number of aryl methyl sites for hydroxylation is 1. The normalized spacial score (nSPS) is 15.6. The van der Waals surface area contributed by atoms with Crippen LogP contribution in [-0.2, 0) is 0 Å². The SMILES string of the molecule is CCNC(O)c1ccc(Nc2nc(N=C(N)/C=C(\N)C3CC3)c3ccc(Cl)cc3n2)cc1C. The van der Waals surface area contributed by atoms with Crippen LogP contribution in [0.1, 0.15) is 37.1 Å². The summed E-state index contributed by atoms with van der Waals surface area (Å²) in [6.07, 6.45) is 3.15. The average Bonchev–Trinajstić information content (AvgIpc) is 3.59. The molecule has 0 radical (unpaired) electrons. The third-order valence-corrected chi connectivity index (χ3v) is 5.69. The molecule has 0 saturated heterocycles. The molecule has 2 aromatic carbocycles. The number of aliphatic hydroxyl groups excluding tert-OH is 1. The number of fused-ring (bicyclic) bond motifs is 1. The van der Waals surface area contributed by atoms with Gasteiger partial charge in [-0.15, -0.1) is 0 Å². The van der Waals surface area contributed by atoms with Crippen molar-refractivity contribution >= 4 is 45.8 Å². The molecule has 1 unspecified atom stereocenters. The molecule has 0 spiro atoms. The van der Waals surface area contributed by atoms with E-state index in [-0.39, 0.29) is 5.84 Å². The Labute approximate surface area is 197 Å². The number of allylic oxidation sites excluding steroid dienone is 1. The van der Waals surface area contributed by atoms with E-state index in [1.807, 2.05) is 38.1 Å². The van der Waals surface area contributed by atoms with E-state index in [1.165, 1.54) is 0 Å². The second-order valence-electron chi connectivity index (χ2n) is 8.14. The molecule has 1 fully saturated rings. The van der Waals surface area contributed by atoms with Gasteiger partial charge in [-0.2, -0.15) is 4.98 Å². The van der Waals surface area contributed by atoms with Crippen molar-refractivity contribution in [1.29, 1.82) is 0 Å². The van der Waals surface area contributed by atoms with Crippen LogP contribution >= 0.6 is 11.6 Å². The first-order valence-electron chi connectivity index (χ1n) is 10.9. The van der Waals surface area contributed by atoms with Gasteiger partial charge in [-0.05, 0) is 79.8 Å². The Balaban J connectivity index is 1.68. The van der Waals surface area contributed by atoms with E-state index in [4.69, 9.17) is 23.1 Å². The predicted molar refractivity (Wildman–Crippen MR) is 134 cm³/mol. The van der Waals surface area contributed by atoms with E-state index >= 15 is 0 Å². The molecule has 8 nitrogen and oxygen atoms in total. The summed E-state index contributed by atoms with van der Waals surface area (Å²) in [7, 11) is 0. The maximum atomic E-state index is 10.2. The van der Waals surface area contributed by atoms with Crippen molar-refractivity contribution in [2.45, 2.75) is 32.9 Å². The molecule has 3 aromatic rings. The number of halogens is 1. The number of rotatable bonds is 8. The van der Waals surface area contributed by atoms with Crippen LogP contribution in [0, 0.1) is 12.8 Å². The summed E-state index contributed by atoms with van der Waals surface area (Å²) in [5.74, 6) is 1.47. The van der Waals surface area contributed by atoms with E-state index in [2.05, 4.69) is 25.6 Å². The van der Waals surface area contributed by atoms with Gasteiger partial charge < -0.3 is 21.9 Å². The van der Waals surface area contributed by atoms with Crippen molar-refractivity contribution in [1.82, 2.24) is 15.3 Å². The number of nitrogens with two attached hydrogens (primary N) is 2. The molecular weight excluding hydrogens is 438 g/mol. The highest BCUT2D eigenvalue weighted by atomic mass is 35.5. The van der Waals surface area contributed by atoms with E-state index in [0.717, 1.165) is 40.7 Å². The van der Waals surface area contributed by atoms with Crippen LogP contribution in [0.25, 0.3) is 10.9 Å². The molecule has 0 bridgehead atoms. The summed E-state index contributed by atoms with van der Waals surface area (Å²) in [4.78, 5) is 13.7. The molecular formula is C24H28ClN7O. The summed E-state index contributed by atoms with van der Waals surface area (Å²) in [5, 5.41) is 17.8. The quantitative estimate of drug-likeness (QED) is 0.191. The Hall–Kier alpha value is -3.20. The average molecular weight is 466 g/mol. The predicted octanol–water partition coefficient (Wildman–Crippen LogP) is 4.18. The molecule has 9 heteroatoms. The van der Waals surface area contributed by atoms with Gasteiger partial charge in [-0.3, -0.25) is 5.32 Å². The van der Waals surface area contributed by atoms with E-state index in [1.54, 1.807) is 18.2 Å². The van der Waals surface area contributed by atoms with Gasteiger partial charge in [0.2, 0.25) is 5.95 Å². The van der Waals surface area contributed by atoms with Crippen molar-refractivity contribution in [3.63, 3.8) is 0 Å². The summed E-state index contributed by atoms with van der Waals surface area (Å²) >= 11 is 6.20. The molecule has 1 aliphatic carbocycles. The van der Waals surface area contributed by atoms with Gasteiger partial charge in [-0.1, -0.05) is 24.6 Å². The van der Waals surface area contributed by atoms with Crippen LogP contribution in [0.15, 0.2) is 53.2 Å². The van der Waals surface area contributed by atoms with Gasteiger partial charge in [-0.25, -0.2) is 9.98 Å². The first-order valence-corrected chi connectivity index (χ1v) is 11.3. The molecule has 1 aromatic heterocycles. The Morgan fingerprint density at radius 2 is 2.03 bits per heavy atom. The van der Waals surface area contributed by atoms with Gasteiger partial charge in [0.1, 0.15) is 12.1 Å². The van der Waals surface area contributed by atoms with Gasteiger partial charge in [0, 0.05) is 21.8 Å². The highest BCUT2D eigenvalue weighted by Crippen LogP contribution is 2.34. The number of anilines is 2. The van der Waals surface area contributed by atoms with Crippen LogP contribution in [-0.4, -0.2) is 27.5 Å². The number of benzene rings is 2. The van der Waals surface area contributed by atoms with E-state index in [9.17, 15) is 5.11 Å². The highest BCUT2D eigenvalue weighted by Gasteiger charge is 2.24. The van der Waals surface area contributed by atoms with Crippen molar-refractivity contribution in [3.8, 4) is 0 Å². The van der Waals surface area contributed by atoms with Crippen molar-refractivity contribution < 1.29 is 5.11 Å². The zero-order chi connectivity index (χ0) is 23.5. The number of aromatic nitrogens is 2. The van der Waals surface area contributed by atoms with Gasteiger partial charge in [0.15, 0.2) is 5.82 Å².